The van der Waals surface area contributed by atoms with Crippen LogP contribution in [0.3, 0.4) is 0 Å². The van der Waals surface area contributed by atoms with E-state index in [2.05, 4.69) is 29.4 Å². The van der Waals surface area contributed by atoms with Crippen molar-refractivity contribution in [3.63, 3.8) is 0 Å². The first kappa shape index (κ1) is 23.2. The van der Waals surface area contributed by atoms with Crippen LogP contribution in [0.2, 0.25) is 0 Å². The van der Waals surface area contributed by atoms with E-state index in [1.165, 1.54) is 5.56 Å². The van der Waals surface area contributed by atoms with Gasteiger partial charge >= 0.3 is 0 Å². The van der Waals surface area contributed by atoms with E-state index in [-0.39, 0.29) is 31.0 Å². The minimum atomic E-state index is 0. The molecule has 158 valence electrons. The zero-order valence-electron chi connectivity index (χ0n) is 17.6. The number of ether oxygens (including phenoxy) is 1. The molecule has 0 bridgehead atoms. The lowest BCUT2D eigenvalue weighted by atomic mass is 10.1. The number of aryl methyl sites for hydroxylation is 3. The van der Waals surface area contributed by atoms with Crippen LogP contribution in [0.4, 0.5) is 0 Å². The normalized spacial score (nSPS) is 16.4. The first-order valence-electron chi connectivity index (χ1n) is 10.2. The summed E-state index contributed by atoms with van der Waals surface area (Å²) in [7, 11) is 0. The van der Waals surface area contributed by atoms with E-state index in [4.69, 9.17) is 4.74 Å². The summed E-state index contributed by atoms with van der Waals surface area (Å²) in [5.74, 6) is 0.844. The Morgan fingerprint density at radius 2 is 1.93 bits per heavy atom. The molecule has 1 aromatic heterocycles. The predicted molar refractivity (Wildman–Crippen MR) is 119 cm³/mol. The van der Waals surface area contributed by atoms with Gasteiger partial charge in [-0.25, -0.2) is 0 Å². The number of amides is 1. The van der Waals surface area contributed by atoms with Crippen molar-refractivity contribution in [2.24, 2.45) is 0 Å². The number of nitrogens with one attached hydrogen (secondary N) is 1. The molecule has 1 unspecified atom stereocenters. The summed E-state index contributed by atoms with van der Waals surface area (Å²) < 4.78 is 6.00. The number of carbonyl (C=O) groups excluding carboxylic acids is 1. The fourth-order valence-electron chi connectivity index (χ4n) is 4.01. The molecule has 1 amide bonds. The van der Waals surface area contributed by atoms with Gasteiger partial charge in [0.1, 0.15) is 5.75 Å². The average molecular weight is 418 g/mol. The maximum atomic E-state index is 13.2. The highest BCUT2D eigenvalue weighted by atomic mass is 35.5. The van der Waals surface area contributed by atoms with Gasteiger partial charge in [-0.15, -0.1) is 12.4 Å². The number of nitrogens with zero attached hydrogens (tertiary/aromatic N) is 2. The Bertz CT molecular complexity index is 767. The van der Waals surface area contributed by atoms with Crippen molar-refractivity contribution in [2.75, 3.05) is 19.7 Å². The van der Waals surface area contributed by atoms with Gasteiger partial charge in [0, 0.05) is 12.2 Å². The fraction of sp³-hybridized carbons (Fsp3) is 0.478. The molecule has 2 aromatic rings. The highest BCUT2D eigenvalue weighted by Gasteiger charge is 2.25. The number of benzene rings is 1. The quantitative estimate of drug-likeness (QED) is 0.772. The fourth-order valence-corrected chi connectivity index (χ4v) is 4.01. The summed E-state index contributed by atoms with van der Waals surface area (Å²) in [5, 5.41) is 3.43. The maximum absolute atomic E-state index is 13.2. The van der Waals surface area contributed by atoms with Crippen LogP contribution >= 0.6 is 12.4 Å². The molecule has 1 saturated heterocycles. The Morgan fingerprint density at radius 1 is 1.17 bits per heavy atom. The van der Waals surface area contributed by atoms with E-state index in [9.17, 15) is 4.79 Å². The number of rotatable bonds is 6. The molecule has 1 N–H and O–H groups in total. The van der Waals surface area contributed by atoms with Crippen molar-refractivity contribution in [3.8, 4) is 5.75 Å². The standard InChI is InChI=1S/C23H31N3O2.ClH/c1-17-13-18(2)23(19(3)14-17)28-16-22(27)26(15-20-7-4-5-11-25-20)21-8-6-10-24-12-9-21;/h4-5,7,11,13-14,21,24H,6,8-10,12,15-16H2,1-3H3;1H. The van der Waals surface area contributed by atoms with Gasteiger partial charge in [0.25, 0.3) is 5.91 Å². The molecule has 1 aliphatic rings. The number of hydrogen-bond acceptors (Lipinski definition) is 4. The van der Waals surface area contributed by atoms with Crippen molar-refractivity contribution in [2.45, 2.75) is 52.6 Å². The van der Waals surface area contributed by atoms with Crippen molar-refractivity contribution in [1.82, 2.24) is 15.2 Å². The van der Waals surface area contributed by atoms with Gasteiger partial charge in [-0.05, 0) is 76.4 Å². The molecule has 3 rings (SSSR count). The van der Waals surface area contributed by atoms with Crippen molar-refractivity contribution < 1.29 is 9.53 Å². The third-order valence-corrected chi connectivity index (χ3v) is 5.31. The number of halogens is 1. The second-order valence-electron chi connectivity index (χ2n) is 7.69. The Morgan fingerprint density at radius 3 is 2.62 bits per heavy atom. The van der Waals surface area contributed by atoms with Crippen LogP contribution in [0.5, 0.6) is 5.75 Å². The summed E-state index contributed by atoms with van der Waals surface area (Å²) in [5.41, 5.74) is 4.26. The van der Waals surface area contributed by atoms with Gasteiger partial charge in [-0.3, -0.25) is 9.78 Å². The zero-order chi connectivity index (χ0) is 19.9. The lowest BCUT2D eigenvalue weighted by Crippen LogP contribution is -2.43. The van der Waals surface area contributed by atoms with Gasteiger partial charge in [0.2, 0.25) is 0 Å². The third kappa shape index (κ3) is 6.44. The van der Waals surface area contributed by atoms with Crippen LogP contribution in [0.25, 0.3) is 0 Å². The Balaban J connectivity index is 0.00000300. The molecule has 0 spiro atoms. The molecular formula is C23H32ClN3O2. The van der Waals surface area contributed by atoms with Crippen LogP contribution < -0.4 is 10.1 Å². The molecule has 0 radical (unpaired) electrons. The first-order chi connectivity index (χ1) is 13.5. The highest BCUT2D eigenvalue weighted by Crippen LogP contribution is 2.25. The topological polar surface area (TPSA) is 54.5 Å². The van der Waals surface area contributed by atoms with Crippen molar-refractivity contribution in [3.05, 3.63) is 58.9 Å². The molecule has 1 fully saturated rings. The lowest BCUT2D eigenvalue weighted by Gasteiger charge is -2.31. The molecule has 0 saturated carbocycles. The van der Waals surface area contributed by atoms with Gasteiger partial charge in [0.15, 0.2) is 6.61 Å². The highest BCUT2D eigenvalue weighted by molar-refractivity contribution is 5.85. The van der Waals surface area contributed by atoms with Crippen molar-refractivity contribution >= 4 is 18.3 Å². The van der Waals surface area contributed by atoms with E-state index in [1.54, 1.807) is 6.20 Å². The van der Waals surface area contributed by atoms with Gasteiger partial charge in [-0.2, -0.15) is 0 Å². The second kappa shape index (κ2) is 11.2. The molecule has 5 nitrogen and oxygen atoms in total. The lowest BCUT2D eigenvalue weighted by molar-refractivity contribution is -0.136. The molecule has 29 heavy (non-hydrogen) atoms. The molecular weight excluding hydrogens is 386 g/mol. The molecule has 1 aliphatic heterocycles. The van der Waals surface area contributed by atoms with Gasteiger partial charge in [0.05, 0.1) is 12.2 Å². The maximum Gasteiger partial charge on any atom is 0.261 e. The smallest absolute Gasteiger partial charge is 0.261 e. The molecule has 1 aromatic carbocycles. The average Bonchev–Trinajstić information content (AvgIpc) is 2.95. The van der Waals surface area contributed by atoms with E-state index >= 15 is 0 Å². The minimum absolute atomic E-state index is 0. The minimum Gasteiger partial charge on any atom is -0.483 e. The molecule has 0 aliphatic carbocycles. The monoisotopic (exact) mass is 417 g/mol. The Labute approximate surface area is 180 Å². The van der Waals surface area contributed by atoms with E-state index in [0.29, 0.717) is 6.54 Å². The summed E-state index contributed by atoms with van der Waals surface area (Å²) in [6, 6.07) is 10.2. The molecule has 6 heteroatoms. The Hall–Kier alpha value is -2.11. The predicted octanol–water partition coefficient (Wildman–Crippen LogP) is 3.98. The number of carbonyl (C=O) groups is 1. The van der Waals surface area contributed by atoms with E-state index < -0.39 is 0 Å². The van der Waals surface area contributed by atoms with Crippen LogP contribution in [0.1, 0.15) is 41.6 Å². The van der Waals surface area contributed by atoms with E-state index in [1.807, 2.05) is 36.9 Å². The van der Waals surface area contributed by atoms with Crippen LogP contribution in [0, 0.1) is 20.8 Å². The summed E-state index contributed by atoms with van der Waals surface area (Å²) in [4.78, 5) is 19.6. The molecule has 2 heterocycles. The number of hydrogen-bond donors (Lipinski definition) is 1. The summed E-state index contributed by atoms with van der Waals surface area (Å²) in [6.07, 6.45) is 4.82. The van der Waals surface area contributed by atoms with Crippen LogP contribution in [-0.2, 0) is 11.3 Å². The first-order valence-corrected chi connectivity index (χ1v) is 10.2. The van der Waals surface area contributed by atoms with E-state index in [0.717, 1.165) is 54.9 Å². The van der Waals surface area contributed by atoms with Crippen LogP contribution in [-0.4, -0.2) is 41.5 Å². The second-order valence-corrected chi connectivity index (χ2v) is 7.69. The van der Waals surface area contributed by atoms with Gasteiger partial charge < -0.3 is 15.0 Å². The Kier molecular flexibility index (Phi) is 8.93. The number of pyridine rings is 1. The third-order valence-electron chi connectivity index (χ3n) is 5.31. The van der Waals surface area contributed by atoms with Crippen molar-refractivity contribution in [1.29, 1.82) is 0 Å². The zero-order valence-corrected chi connectivity index (χ0v) is 18.4. The summed E-state index contributed by atoms with van der Waals surface area (Å²) in [6.45, 7) is 8.67. The van der Waals surface area contributed by atoms with Crippen LogP contribution in [0.15, 0.2) is 36.5 Å². The molecule has 1 atom stereocenters. The number of aromatic nitrogens is 1. The van der Waals surface area contributed by atoms with Gasteiger partial charge in [-0.1, -0.05) is 23.8 Å². The summed E-state index contributed by atoms with van der Waals surface area (Å²) >= 11 is 0. The SMILES string of the molecule is Cc1cc(C)c(OCC(=O)N(Cc2ccccn2)C2CCCNCC2)c(C)c1.Cl. The largest absolute Gasteiger partial charge is 0.483 e.